The van der Waals surface area contributed by atoms with Crippen molar-refractivity contribution < 1.29 is 19.4 Å². The SMILES string of the molecule is O=C(NCC1CCC(C(=O)O)O1)c1ccc2cc[nH]c2c1. The zero-order chi connectivity index (χ0) is 14.8. The zero-order valence-electron chi connectivity index (χ0n) is 11.3. The van der Waals surface area contributed by atoms with Crippen LogP contribution in [-0.2, 0) is 9.53 Å². The van der Waals surface area contributed by atoms with Gasteiger partial charge in [0, 0.05) is 23.8 Å². The molecule has 0 aliphatic carbocycles. The number of carboxylic acids is 1. The highest BCUT2D eigenvalue weighted by molar-refractivity contribution is 5.97. The van der Waals surface area contributed by atoms with Crippen molar-refractivity contribution in [2.75, 3.05) is 6.54 Å². The normalized spacial score (nSPS) is 21.5. The Kier molecular flexibility index (Phi) is 3.62. The van der Waals surface area contributed by atoms with Gasteiger partial charge in [0.05, 0.1) is 6.10 Å². The highest BCUT2D eigenvalue weighted by Crippen LogP contribution is 2.19. The van der Waals surface area contributed by atoms with Crippen molar-refractivity contribution in [3.63, 3.8) is 0 Å². The van der Waals surface area contributed by atoms with Crippen molar-refractivity contribution in [1.82, 2.24) is 10.3 Å². The molecular formula is C15H16N2O4. The number of fused-ring (bicyclic) bond motifs is 1. The van der Waals surface area contributed by atoms with Crippen LogP contribution in [0.2, 0.25) is 0 Å². The Hall–Kier alpha value is -2.34. The number of carbonyl (C=O) groups excluding carboxylic acids is 1. The average molecular weight is 288 g/mol. The topological polar surface area (TPSA) is 91.4 Å². The van der Waals surface area contributed by atoms with Gasteiger partial charge in [-0.3, -0.25) is 4.79 Å². The van der Waals surface area contributed by atoms with E-state index in [0.717, 1.165) is 10.9 Å². The van der Waals surface area contributed by atoms with Crippen LogP contribution in [0.25, 0.3) is 10.9 Å². The summed E-state index contributed by atoms with van der Waals surface area (Å²) in [5.41, 5.74) is 1.48. The molecule has 0 bridgehead atoms. The van der Waals surface area contributed by atoms with Crippen molar-refractivity contribution in [3.8, 4) is 0 Å². The first-order valence-electron chi connectivity index (χ1n) is 6.87. The molecule has 3 rings (SSSR count). The molecule has 21 heavy (non-hydrogen) atoms. The van der Waals surface area contributed by atoms with E-state index in [1.54, 1.807) is 12.1 Å². The number of aromatic nitrogens is 1. The largest absolute Gasteiger partial charge is 0.479 e. The summed E-state index contributed by atoms with van der Waals surface area (Å²) in [5.74, 6) is -1.13. The van der Waals surface area contributed by atoms with E-state index in [1.807, 2.05) is 18.3 Å². The molecule has 2 atom stereocenters. The fourth-order valence-corrected chi connectivity index (χ4v) is 2.54. The third-order valence-electron chi connectivity index (χ3n) is 3.69. The minimum Gasteiger partial charge on any atom is -0.479 e. The van der Waals surface area contributed by atoms with Gasteiger partial charge in [0.25, 0.3) is 5.91 Å². The second kappa shape index (κ2) is 5.57. The molecule has 1 aliphatic rings. The van der Waals surface area contributed by atoms with Crippen molar-refractivity contribution in [1.29, 1.82) is 0 Å². The summed E-state index contributed by atoms with van der Waals surface area (Å²) in [5, 5.41) is 12.7. The summed E-state index contributed by atoms with van der Waals surface area (Å²) < 4.78 is 5.35. The van der Waals surface area contributed by atoms with E-state index in [2.05, 4.69) is 10.3 Å². The number of hydrogen-bond donors (Lipinski definition) is 3. The highest BCUT2D eigenvalue weighted by Gasteiger charge is 2.30. The van der Waals surface area contributed by atoms with Crippen LogP contribution >= 0.6 is 0 Å². The summed E-state index contributed by atoms with van der Waals surface area (Å²) in [6.45, 7) is 0.325. The van der Waals surface area contributed by atoms with Gasteiger partial charge in [0.15, 0.2) is 6.10 Å². The Balaban J connectivity index is 1.58. The van der Waals surface area contributed by atoms with E-state index in [1.165, 1.54) is 0 Å². The molecule has 1 aromatic carbocycles. The average Bonchev–Trinajstić information content (AvgIpc) is 3.12. The van der Waals surface area contributed by atoms with Crippen molar-refractivity contribution in [2.24, 2.45) is 0 Å². The Morgan fingerprint density at radius 2 is 2.19 bits per heavy atom. The second-order valence-corrected chi connectivity index (χ2v) is 5.15. The number of nitrogens with one attached hydrogen (secondary N) is 2. The maximum atomic E-state index is 12.1. The number of carbonyl (C=O) groups is 2. The fraction of sp³-hybridized carbons (Fsp3) is 0.333. The van der Waals surface area contributed by atoms with Crippen LogP contribution in [0.1, 0.15) is 23.2 Å². The van der Waals surface area contributed by atoms with Crippen LogP contribution in [0.3, 0.4) is 0 Å². The molecule has 2 unspecified atom stereocenters. The number of rotatable bonds is 4. The van der Waals surface area contributed by atoms with Gasteiger partial charge >= 0.3 is 5.97 Å². The number of ether oxygens (including phenoxy) is 1. The molecule has 0 saturated carbocycles. The minimum absolute atomic E-state index is 0.186. The predicted molar refractivity (Wildman–Crippen MR) is 76.2 cm³/mol. The van der Waals surface area contributed by atoms with Crippen LogP contribution in [-0.4, -0.2) is 40.7 Å². The molecule has 6 heteroatoms. The Morgan fingerprint density at radius 3 is 2.95 bits per heavy atom. The molecule has 0 spiro atoms. The first-order chi connectivity index (χ1) is 10.1. The van der Waals surface area contributed by atoms with E-state index < -0.39 is 12.1 Å². The van der Waals surface area contributed by atoms with Gasteiger partial charge < -0.3 is 20.1 Å². The van der Waals surface area contributed by atoms with Gasteiger partial charge in [-0.2, -0.15) is 0 Å². The van der Waals surface area contributed by atoms with Gasteiger partial charge in [-0.05, 0) is 36.4 Å². The molecule has 1 aromatic heterocycles. The summed E-state index contributed by atoms with van der Waals surface area (Å²) in [7, 11) is 0. The summed E-state index contributed by atoms with van der Waals surface area (Å²) >= 11 is 0. The monoisotopic (exact) mass is 288 g/mol. The smallest absolute Gasteiger partial charge is 0.332 e. The Labute approximate surface area is 121 Å². The van der Waals surface area contributed by atoms with Crippen molar-refractivity contribution >= 4 is 22.8 Å². The number of benzene rings is 1. The van der Waals surface area contributed by atoms with Gasteiger partial charge in [0.1, 0.15) is 0 Å². The molecule has 110 valence electrons. The van der Waals surface area contributed by atoms with Gasteiger partial charge in [-0.25, -0.2) is 4.79 Å². The molecule has 1 aliphatic heterocycles. The molecule has 6 nitrogen and oxygen atoms in total. The summed E-state index contributed by atoms with van der Waals surface area (Å²) in [6, 6.07) is 7.38. The first-order valence-corrected chi connectivity index (χ1v) is 6.87. The number of H-pyrrole nitrogens is 1. The lowest BCUT2D eigenvalue weighted by atomic mass is 10.1. The zero-order valence-corrected chi connectivity index (χ0v) is 11.3. The molecule has 1 saturated heterocycles. The lowest BCUT2D eigenvalue weighted by Gasteiger charge is -2.12. The third-order valence-corrected chi connectivity index (χ3v) is 3.69. The molecule has 2 heterocycles. The van der Waals surface area contributed by atoms with E-state index >= 15 is 0 Å². The van der Waals surface area contributed by atoms with Crippen LogP contribution < -0.4 is 5.32 Å². The van der Waals surface area contributed by atoms with Crippen LogP contribution in [0.15, 0.2) is 30.5 Å². The molecule has 3 N–H and O–H groups in total. The first kappa shape index (κ1) is 13.6. The number of carboxylic acid groups (broad SMARTS) is 1. The van der Waals surface area contributed by atoms with Gasteiger partial charge in [-0.15, -0.1) is 0 Å². The van der Waals surface area contributed by atoms with E-state index in [0.29, 0.717) is 24.9 Å². The second-order valence-electron chi connectivity index (χ2n) is 5.15. The quantitative estimate of drug-likeness (QED) is 0.795. The maximum Gasteiger partial charge on any atom is 0.332 e. The minimum atomic E-state index is -0.943. The standard InChI is InChI=1S/C15H16N2O4/c18-14(10-2-1-9-5-6-16-12(9)7-10)17-8-11-3-4-13(21-11)15(19)20/h1-2,5-7,11,13,16H,3-4,8H2,(H,17,18)(H,19,20). The van der Waals surface area contributed by atoms with Gasteiger partial charge in [-0.1, -0.05) is 6.07 Å². The van der Waals surface area contributed by atoms with E-state index in [9.17, 15) is 9.59 Å². The summed E-state index contributed by atoms with van der Waals surface area (Å²) in [4.78, 5) is 25.9. The van der Waals surface area contributed by atoms with Crippen LogP contribution in [0.5, 0.6) is 0 Å². The molecule has 1 fully saturated rings. The molecular weight excluding hydrogens is 272 g/mol. The number of hydrogen-bond acceptors (Lipinski definition) is 3. The molecule has 1 amide bonds. The van der Waals surface area contributed by atoms with E-state index in [4.69, 9.17) is 9.84 Å². The number of aliphatic carboxylic acids is 1. The van der Waals surface area contributed by atoms with Crippen LogP contribution in [0.4, 0.5) is 0 Å². The third kappa shape index (κ3) is 2.90. The van der Waals surface area contributed by atoms with Gasteiger partial charge in [0.2, 0.25) is 0 Å². The maximum absolute atomic E-state index is 12.1. The lowest BCUT2D eigenvalue weighted by molar-refractivity contribution is -0.149. The van der Waals surface area contributed by atoms with E-state index in [-0.39, 0.29) is 12.0 Å². The predicted octanol–water partition coefficient (Wildman–Crippen LogP) is 1.53. The Morgan fingerprint density at radius 1 is 1.33 bits per heavy atom. The lowest BCUT2D eigenvalue weighted by Crippen LogP contribution is -2.33. The van der Waals surface area contributed by atoms with Crippen molar-refractivity contribution in [3.05, 3.63) is 36.0 Å². The summed E-state index contributed by atoms with van der Waals surface area (Å²) in [6.07, 6.45) is 1.98. The number of aromatic amines is 1. The van der Waals surface area contributed by atoms with Crippen molar-refractivity contribution in [2.45, 2.75) is 25.0 Å². The molecule has 2 aromatic rings. The highest BCUT2D eigenvalue weighted by atomic mass is 16.5. The Bertz CT molecular complexity index is 679. The van der Waals surface area contributed by atoms with Crippen LogP contribution in [0, 0.1) is 0 Å². The number of amides is 1. The fourth-order valence-electron chi connectivity index (χ4n) is 2.54. The molecule has 0 radical (unpaired) electrons.